The Kier molecular flexibility index (Phi) is 4.75. The van der Waals surface area contributed by atoms with Gasteiger partial charge in [0.2, 0.25) is 0 Å². The molecule has 0 spiro atoms. The summed E-state index contributed by atoms with van der Waals surface area (Å²) in [4.78, 5) is 27.6. The molecule has 3 rings (SSSR count). The maximum Gasteiger partial charge on any atom is 0.311 e. The van der Waals surface area contributed by atoms with Crippen LogP contribution < -0.4 is 5.32 Å². The summed E-state index contributed by atoms with van der Waals surface area (Å²) in [7, 11) is 1.83. The van der Waals surface area contributed by atoms with Crippen molar-refractivity contribution in [2.45, 2.75) is 19.8 Å². The van der Waals surface area contributed by atoms with E-state index in [0.717, 1.165) is 5.52 Å². The number of imidazole rings is 1. The summed E-state index contributed by atoms with van der Waals surface area (Å²) in [6.45, 7) is 1.99. The molecule has 0 radical (unpaired) electrons. The Morgan fingerprint density at radius 2 is 2.15 bits per heavy atom. The number of rotatable bonds is 6. The number of hydrogen-bond acceptors (Lipinski definition) is 4. The number of fused-ring (bicyclic) bond motifs is 1. The lowest BCUT2D eigenvalue weighted by molar-refractivity contribution is -0.136. The lowest BCUT2D eigenvalue weighted by atomic mass is 10.1. The van der Waals surface area contributed by atoms with Gasteiger partial charge in [0.15, 0.2) is 0 Å². The number of carboxylic acids is 1. The fourth-order valence-corrected chi connectivity index (χ4v) is 2.89. The van der Waals surface area contributed by atoms with Crippen LogP contribution in [0.5, 0.6) is 0 Å². The quantitative estimate of drug-likeness (QED) is 0.703. The Hall–Kier alpha value is -3.16. The number of amides is 1. The molecular formula is C18H18FN3O4. The van der Waals surface area contributed by atoms with Crippen molar-refractivity contribution in [2.24, 2.45) is 7.05 Å². The van der Waals surface area contributed by atoms with Crippen molar-refractivity contribution < 1.29 is 23.5 Å². The number of aliphatic carboxylic acids is 1. The first-order chi connectivity index (χ1) is 12.4. The highest BCUT2D eigenvalue weighted by Crippen LogP contribution is 2.18. The number of nitrogens with zero attached hydrogens (tertiary/aromatic N) is 2. The molecule has 7 nitrogen and oxygen atoms in total. The lowest BCUT2D eigenvalue weighted by Gasteiger charge is -2.06. The van der Waals surface area contributed by atoms with Gasteiger partial charge in [0, 0.05) is 31.6 Å². The molecule has 0 aliphatic heterocycles. The van der Waals surface area contributed by atoms with Crippen LogP contribution in [0.15, 0.2) is 28.9 Å². The smallest absolute Gasteiger partial charge is 0.311 e. The molecule has 0 aliphatic rings. The summed E-state index contributed by atoms with van der Waals surface area (Å²) < 4.78 is 20.3. The van der Waals surface area contributed by atoms with Gasteiger partial charge >= 0.3 is 5.97 Å². The topological polar surface area (TPSA) is 97.4 Å². The van der Waals surface area contributed by atoms with E-state index < -0.39 is 11.9 Å². The van der Waals surface area contributed by atoms with Gasteiger partial charge in [0.05, 0.1) is 22.9 Å². The standard InChI is InChI=1S/C18H18FN3O4/c1-10-9-26-14(8-16(23)24)17(10)18(25)20-6-5-15-21-12-7-11(19)3-4-13(12)22(15)2/h3-4,7,9H,5-6,8H2,1-2H3,(H,20,25)(H,23,24). The molecule has 0 saturated carbocycles. The number of carboxylic acid groups (broad SMARTS) is 1. The molecule has 26 heavy (non-hydrogen) atoms. The first-order valence-corrected chi connectivity index (χ1v) is 8.04. The minimum Gasteiger partial charge on any atom is -0.481 e. The predicted molar refractivity (Wildman–Crippen MR) is 91.5 cm³/mol. The third kappa shape index (κ3) is 3.44. The minimum absolute atomic E-state index is 0.130. The zero-order valence-corrected chi connectivity index (χ0v) is 14.4. The number of carbonyl (C=O) groups excluding carboxylic acids is 1. The number of hydrogen-bond donors (Lipinski definition) is 2. The first-order valence-electron chi connectivity index (χ1n) is 8.04. The molecular weight excluding hydrogens is 341 g/mol. The SMILES string of the molecule is Cc1coc(CC(=O)O)c1C(=O)NCCc1nc2cc(F)ccc2n1C. The third-order valence-electron chi connectivity index (χ3n) is 4.16. The van der Waals surface area contributed by atoms with Crippen molar-refractivity contribution in [1.29, 1.82) is 0 Å². The van der Waals surface area contributed by atoms with Crippen molar-refractivity contribution in [3.8, 4) is 0 Å². The molecule has 2 aromatic heterocycles. The fourth-order valence-electron chi connectivity index (χ4n) is 2.89. The molecule has 0 unspecified atom stereocenters. The first kappa shape index (κ1) is 17.7. The number of halogens is 1. The van der Waals surface area contributed by atoms with Crippen LogP contribution in [0.25, 0.3) is 11.0 Å². The van der Waals surface area contributed by atoms with E-state index in [9.17, 15) is 14.0 Å². The molecule has 8 heteroatoms. The third-order valence-corrected chi connectivity index (χ3v) is 4.16. The fraction of sp³-hybridized carbons (Fsp3) is 0.278. The molecule has 0 aliphatic carbocycles. The molecule has 0 bridgehead atoms. The normalized spacial score (nSPS) is 11.0. The van der Waals surface area contributed by atoms with E-state index in [1.807, 2.05) is 11.6 Å². The maximum absolute atomic E-state index is 13.3. The molecule has 1 amide bonds. The second kappa shape index (κ2) is 6.99. The van der Waals surface area contributed by atoms with Crippen LogP contribution >= 0.6 is 0 Å². The van der Waals surface area contributed by atoms with Crippen LogP contribution in [0, 0.1) is 12.7 Å². The van der Waals surface area contributed by atoms with Crippen LogP contribution in [-0.2, 0) is 24.7 Å². The number of benzene rings is 1. The molecule has 0 fully saturated rings. The maximum atomic E-state index is 13.3. The van der Waals surface area contributed by atoms with Gasteiger partial charge in [0.1, 0.15) is 23.8 Å². The van der Waals surface area contributed by atoms with Crippen LogP contribution in [0.3, 0.4) is 0 Å². The zero-order valence-electron chi connectivity index (χ0n) is 14.4. The van der Waals surface area contributed by atoms with Crippen molar-refractivity contribution >= 4 is 22.9 Å². The Balaban J connectivity index is 1.69. The summed E-state index contributed by atoms with van der Waals surface area (Å²) in [6, 6.07) is 4.40. The van der Waals surface area contributed by atoms with Gasteiger partial charge in [-0.15, -0.1) is 0 Å². The highest BCUT2D eigenvalue weighted by Gasteiger charge is 2.20. The van der Waals surface area contributed by atoms with Crippen LogP contribution in [-0.4, -0.2) is 33.1 Å². The molecule has 3 aromatic rings. The van der Waals surface area contributed by atoms with Crippen molar-refractivity contribution in [3.05, 3.63) is 53.0 Å². The highest BCUT2D eigenvalue weighted by molar-refractivity contribution is 5.97. The van der Waals surface area contributed by atoms with E-state index in [1.165, 1.54) is 18.4 Å². The van der Waals surface area contributed by atoms with Gasteiger partial charge in [0.25, 0.3) is 5.91 Å². The van der Waals surface area contributed by atoms with E-state index in [0.29, 0.717) is 29.9 Å². The number of furan rings is 1. The van der Waals surface area contributed by atoms with E-state index in [1.54, 1.807) is 13.0 Å². The highest BCUT2D eigenvalue weighted by atomic mass is 19.1. The summed E-state index contributed by atoms with van der Waals surface area (Å²) in [5, 5.41) is 11.6. The predicted octanol–water partition coefficient (Wildman–Crippen LogP) is 2.21. The van der Waals surface area contributed by atoms with E-state index in [2.05, 4.69) is 10.3 Å². The van der Waals surface area contributed by atoms with Crippen molar-refractivity contribution in [3.63, 3.8) is 0 Å². The molecule has 1 aromatic carbocycles. The minimum atomic E-state index is -1.07. The van der Waals surface area contributed by atoms with Crippen LogP contribution in [0.2, 0.25) is 0 Å². The number of carbonyl (C=O) groups is 2. The zero-order chi connectivity index (χ0) is 18.8. The molecule has 0 atom stereocenters. The van der Waals surface area contributed by atoms with Gasteiger partial charge < -0.3 is 19.4 Å². The Morgan fingerprint density at radius 3 is 2.88 bits per heavy atom. The molecule has 0 saturated heterocycles. The van der Waals surface area contributed by atoms with Gasteiger partial charge in [-0.05, 0) is 19.1 Å². The second-order valence-electron chi connectivity index (χ2n) is 6.01. The van der Waals surface area contributed by atoms with Crippen molar-refractivity contribution in [1.82, 2.24) is 14.9 Å². The Labute approximate surface area is 148 Å². The number of aryl methyl sites for hydroxylation is 2. The number of nitrogens with one attached hydrogen (secondary N) is 1. The van der Waals surface area contributed by atoms with Crippen molar-refractivity contribution in [2.75, 3.05) is 6.54 Å². The monoisotopic (exact) mass is 359 g/mol. The molecule has 136 valence electrons. The Bertz CT molecular complexity index is 990. The van der Waals surface area contributed by atoms with Gasteiger partial charge in [-0.2, -0.15) is 0 Å². The number of aromatic nitrogens is 2. The van der Waals surface area contributed by atoms with Gasteiger partial charge in [-0.25, -0.2) is 9.37 Å². The average Bonchev–Trinajstić information content (AvgIpc) is 3.07. The summed E-state index contributed by atoms with van der Waals surface area (Å²) in [5.41, 5.74) is 2.20. The van der Waals surface area contributed by atoms with Gasteiger partial charge in [-0.1, -0.05) is 0 Å². The van der Waals surface area contributed by atoms with Crippen LogP contribution in [0.4, 0.5) is 4.39 Å². The second-order valence-corrected chi connectivity index (χ2v) is 6.01. The largest absolute Gasteiger partial charge is 0.481 e. The summed E-state index contributed by atoms with van der Waals surface area (Å²) in [6.07, 6.45) is 1.46. The molecule has 2 N–H and O–H groups in total. The summed E-state index contributed by atoms with van der Waals surface area (Å²) >= 11 is 0. The van der Waals surface area contributed by atoms with Crippen LogP contribution in [0.1, 0.15) is 27.5 Å². The van der Waals surface area contributed by atoms with E-state index >= 15 is 0 Å². The Morgan fingerprint density at radius 1 is 1.38 bits per heavy atom. The summed E-state index contributed by atoms with van der Waals surface area (Å²) in [5.74, 6) is -0.972. The average molecular weight is 359 g/mol. The van der Waals surface area contributed by atoms with E-state index in [4.69, 9.17) is 9.52 Å². The van der Waals surface area contributed by atoms with Gasteiger partial charge in [-0.3, -0.25) is 9.59 Å². The van der Waals surface area contributed by atoms with E-state index in [-0.39, 0.29) is 23.6 Å². The molecule has 2 heterocycles. The lowest BCUT2D eigenvalue weighted by Crippen LogP contribution is -2.27.